The molecule has 0 unspecified atom stereocenters. The zero-order valence-corrected chi connectivity index (χ0v) is 11.5. The van der Waals surface area contributed by atoms with Gasteiger partial charge in [-0.2, -0.15) is 10.2 Å². The van der Waals surface area contributed by atoms with Crippen molar-refractivity contribution in [2.24, 2.45) is 0 Å². The first kappa shape index (κ1) is 13.6. The van der Waals surface area contributed by atoms with Crippen molar-refractivity contribution in [2.45, 2.75) is 13.1 Å². The van der Waals surface area contributed by atoms with Crippen molar-refractivity contribution in [1.82, 2.24) is 15.5 Å². The Balaban J connectivity index is 2.02. The molecule has 98 valence electrons. The van der Waals surface area contributed by atoms with Crippen LogP contribution in [0, 0.1) is 10.1 Å². The van der Waals surface area contributed by atoms with Gasteiger partial charge in [0.1, 0.15) is 0 Å². The van der Waals surface area contributed by atoms with Crippen LogP contribution in [0.2, 0.25) is 0 Å². The molecule has 0 bridgehead atoms. The molecule has 0 atom stereocenters. The second-order valence-electron chi connectivity index (χ2n) is 3.85. The Morgan fingerprint density at radius 3 is 2.84 bits per heavy atom. The minimum Gasteiger partial charge on any atom is -0.307 e. The maximum atomic E-state index is 10.9. The first-order chi connectivity index (χ1) is 9.16. The molecule has 1 heterocycles. The highest BCUT2D eigenvalue weighted by Gasteiger charge is 2.13. The predicted molar refractivity (Wildman–Crippen MR) is 73.4 cm³/mol. The van der Waals surface area contributed by atoms with Crippen LogP contribution in [-0.4, -0.2) is 15.1 Å². The van der Waals surface area contributed by atoms with Crippen molar-refractivity contribution in [2.75, 3.05) is 0 Å². The van der Waals surface area contributed by atoms with E-state index in [4.69, 9.17) is 0 Å². The van der Waals surface area contributed by atoms with Gasteiger partial charge in [0.05, 0.1) is 10.6 Å². The Labute approximate surface area is 118 Å². The number of benzene rings is 1. The van der Waals surface area contributed by atoms with Crippen molar-refractivity contribution in [3.63, 3.8) is 0 Å². The molecule has 2 aromatic rings. The summed E-state index contributed by atoms with van der Waals surface area (Å²) < 4.78 is 0.692. The molecule has 0 radical (unpaired) electrons. The molecule has 2 rings (SSSR count). The fraction of sp³-hybridized carbons (Fsp3) is 0.167. The Kier molecular flexibility index (Phi) is 4.53. The van der Waals surface area contributed by atoms with Crippen molar-refractivity contribution in [3.05, 3.63) is 62.4 Å². The zero-order valence-electron chi connectivity index (χ0n) is 9.91. The first-order valence-electron chi connectivity index (χ1n) is 5.57. The fourth-order valence-corrected chi connectivity index (χ4v) is 1.96. The van der Waals surface area contributed by atoms with Gasteiger partial charge in [-0.3, -0.25) is 10.1 Å². The molecule has 0 saturated carbocycles. The molecule has 0 amide bonds. The van der Waals surface area contributed by atoms with Crippen LogP contribution in [0.15, 0.2) is 41.0 Å². The molecular weight excluding hydrogens is 312 g/mol. The lowest BCUT2D eigenvalue weighted by Gasteiger charge is -2.05. The molecule has 0 saturated heterocycles. The standard InChI is InChI=1S/C12H11BrN4O2/c13-10-4-3-9(12(6-10)17(18)19)7-14-8-11-2-1-5-15-16-11/h1-6,14H,7-8H2. The maximum Gasteiger partial charge on any atom is 0.275 e. The molecular formula is C12H11BrN4O2. The van der Waals surface area contributed by atoms with Gasteiger partial charge >= 0.3 is 0 Å². The van der Waals surface area contributed by atoms with E-state index in [2.05, 4.69) is 31.4 Å². The second-order valence-corrected chi connectivity index (χ2v) is 4.76. The molecule has 7 heteroatoms. The van der Waals surface area contributed by atoms with Gasteiger partial charge in [0.15, 0.2) is 0 Å². The average molecular weight is 323 g/mol. The van der Waals surface area contributed by atoms with E-state index in [0.29, 0.717) is 23.1 Å². The van der Waals surface area contributed by atoms with Crippen molar-refractivity contribution >= 4 is 21.6 Å². The number of nitrogens with one attached hydrogen (secondary N) is 1. The zero-order chi connectivity index (χ0) is 13.7. The molecule has 0 aliphatic heterocycles. The van der Waals surface area contributed by atoms with Gasteiger partial charge in [-0.05, 0) is 24.3 Å². The summed E-state index contributed by atoms with van der Waals surface area (Å²) in [7, 11) is 0. The Morgan fingerprint density at radius 2 is 2.16 bits per heavy atom. The van der Waals surface area contributed by atoms with Gasteiger partial charge in [-0.15, -0.1) is 0 Å². The normalized spacial score (nSPS) is 10.4. The second kappa shape index (κ2) is 6.35. The SMILES string of the molecule is O=[N+]([O-])c1cc(Br)ccc1CNCc1cccnn1. The first-order valence-corrected chi connectivity index (χ1v) is 6.36. The number of nitrogens with zero attached hydrogens (tertiary/aromatic N) is 3. The summed E-state index contributed by atoms with van der Waals surface area (Å²) in [6, 6.07) is 8.65. The largest absolute Gasteiger partial charge is 0.307 e. The number of rotatable bonds is 5. The van der Waals surface area contributed by atoms with Gasteiger partial charge in [0, 0.05) is 35.4 Å². The van der Waals surface area contributed by atoms with E-state index in [0.717, 1.165) is 5.69 Å². The van der Waals surface area contributed by atoms with E-state index in [1.165, 1.54) is 6.07 Å². The summed E-state index contributed by atoms with van der Waals surface area (Å²) >= 11 is 3.23. The van der Waals surface area contributed by atoms with E-state index >= 15 is 0 Å². The minimum atomic E-state index is -0.385. The molecule has 6 nitrogen and oxygen atoms in total. The van der Waals surface area contributed by atoms with Gasteiger partial charge in [-0.25, -0.2) is 0 Å². The van der Waals surface area contributed by atoms with E-state index in [1.54, 1.807) is 24.4 Å². The van der Waals surface area contributed by atoms with Crippen LogP contribution in [0.5, 0.6) is 0 Å². The average Bonchev–Trinajstić information content (AvgIpc) is 2.41. The topological polar surface area (TPSA) is 81.0 Å². The quantitative estimate of drug-likeness (QED) is 0.675. The molecule has 1 N–H and O–H groups in total. The smallest absolute Gasteiger partial charge is 0.275 e. The number of hydrogen-bond acceptors (Lipinski definition) is 5. The fourth-order valence-electron chi connectivity index (χ4n) is 1.61. The van der Waals surface area contributed by atoms with Crippen LogP contribution >= 0.6 is 15.9 Å². The number of nitro benzene ring substituents is 1. The Morgan fingerprint density at radius 1 is 1.32 bits per heavy atom. The van der Waals surface area contributed by atoms with Crippen molar-refractivity contribution in [1.29, 1.82) is 0 Å². The van der Waals surface area contributed by atoms with E-state index in [1.807, 2.05) is 6.07 Å². The highest BCUT2D eigenvalue weighted by atomic mass is 79.9. The molecule has 19 heavy (non-hydrogen) atoms. The van der Waals surface area contributed by atoms with Gasteiger partial charge in [-0.1, -0.05) is 15.9 Å². The van der Waals surface area contributed by atoms with Gasteiger partial charge < -0.3 is 5.32 Å². The number of hydrogen-bond donors (Lipinski definition) is 1. The number of halogens is 1. The van der Waals surface area contributed by atoms with Crippen LogP contribution in [-0.2, 0) is 13.1 Å². The van der Waals surface area contributed by atoms with Crippen molar-refractivity contribution < 1.29 is 4.92 Å². The summed E-state index contributed by atoms with van der Waals surface area (Å²) in [5.41, 5.74) is 1.53. The summed E-state index contributed by atoms with van der Waals surface area (Å²) in [6.07, 6.45) is 1.60. The maximum absolute atomic E-state index is 10.9. The van der Waals surface area contributed by atoms with E-state index in [-0.39, 0.29) is 10.6 Å². The molecule has 1 aromatic heterocycles. The lowest BCUT2D eigenvalue weighted by Crippen LogP contribution is -2.15. The van der Waals surface area contributed by atoms with Crippen LogP contribution < -0.4 is 5.32 Å². The van der Waals surface area contributed by atoms with Crippen LogP contribution in [0.4, 0.5) is 5.69 Å². The predicted octanol–water partition coefficient (Wildman–Crippen LogP) is 2.44. The van der Waals surface area contributed by atoms with E-state index < -0.39 is 0 Å². The highest BCUT2D eigenvalue weighted by molar-refractivity contribution is 9.10. The van der Waals surface area contributed by atoms with Crippen LogP contribution in [0.3, 0.4) is 0 Å². The number of nitro groups is 1. The lowest BCUT2D eigenvalue weighted by molar-refractivity contribution is -0.385. The van der Waals surface area contributed by atoms with Gasteiger partial charge in [0.2, 0.25) is 0 Å². The number of aromatic nitrogens is 2. The van der Waals surface area contributed by atoms with Crippen LogP contribution in [0.25, 0.3) is 0 Å². The highest BCUT2D eigenvalue weighted by Crippen LogP contribution is 2.23. The Hall–Kier alpha value is -1.86. The third-order valence-electron chi connectivity index (χ3n) is 2.49. The van der Waals surface area contributed by atoms with E-state index in [9.17, 15) is 10.1 Å². The Bertz CT molecular complexity index is 577. The molecule has 0 fully saturated rings. The third kappa shape index (κ3) is 3.80. The molecule has 0 aliphatic rings. The summed E-state index contributed by atoms with van der Waals surface area (Å²) in [5, 5.41) is 21.7. The summed E-state index contributed by atoms with van der Waals surface area (Å²) in [5.74, 6) is 0. The van der Waals surface area contributed by atoms with Gasteiger partial charge in [0.25, 0.3) is 5.69 Å². The molecule has 0 spiro atoms. The summed E-state index contributed by atoms with van der Waals surface area (Å²) in [6.45, 7) is 0.918. The summed E-state index contributed by atoms with van der Waals surface area (Å²) in [4.78, 5) is 10.6. The van der Waals surface area contributed by atoms with Crippen LogP contribution in [0.1, 0.15) is 11.3 Å². The lowest BCUT2D eigenvalue weighted by atomic mass is 10.2. The van der Waals surface area contributed by atoms with Crippen molar-refractivity contribution in [3.8, 4) is 0 Å². The monoisotopic (exact) mass is 322 g/mol. The molecule has 1 aromatic carbocycles. The molecule has 0 aliphatic carbocycles. The minimum absolute atomic E-state index is 0.0982. The third-order valence-corrected chi connectivity index (χ3v) is 2.99.